The zero-order chi connectivity index (χ0) is 9.68. The van der Waals surface area contributed by atoms with Gasteiger partial charge in [-0.1, -0.05) is 30.4 Å². The van der Waals surface area contributed by atoms with Crippen LogP contribution in [0.2, 0.25) is 0 Å². The summed E-state index contributed by atoms with van der Waals surface area (Å²) in [5.41, 5.74) is 4.02. The Kier molecular flexibility index (Phi) is 3.71. The van der Waals surface area contributed by atoms with Gasteiger partial charge < -0.3 is 5.11 Å². The predicted molar refractivity (Wildman–Crippen MR) is 55.8 cm³/mol. The van der Waals surface area contributed by atoms with Crippen molar-refractivity contribution in [1.82, 2.24) is 0 Å². The molecule has 1 N–H and O–H groups in total. The first-order valence-corrected chi connectivity index (χ1v) is 4.56. The van der Waals surface area contributed by atoms with Crippen LogP contribution in [-0.2, 0) is 6.42 Å². The van der Waals surface area contributed by atoms with Gasteiger partial charge in [0.15, 0.2) is 0 Å². The Morgan fingerprint density at radius 3 is 2.69 bits per heavy atom. The summed E-state index contributed by atoms with van der Waals surface area (Å²) < 4.78 is 0. The lowest BCUT2D eigenvalue weighted by molar-refractivity contribution is 0.342. The third kappa shape index (κ3) is 2.71. The Labute approximate surface area is 79.7 Å². The van der Waals surface area contributed by atoms with E-state index in [9.17, 15) is 0 Å². The van der Waals surface area contributed by atoms with E-state index in [0.717, 1.165) is 6.42 Å². The van der Waals surface area contributed by atoms with Gasteiger partial charge in [0.2, 0.25) is 0 Å². The van der Waals surface area contributed by atoms with Crippen molar-refractivity contribution in [2.45, 2.75) is 20.3 Å². The maximum atomic E-state index is 8.58. The number of aryl methyl sites for hydroxylation is 1. The molecule has 1 aromatic carbocycles. The number of benzene rings is 1. The van der Waals surface area contributed by atoms with Crippen molar-refractivity contribution >= 4 is 0 Å². The fraction of sp³-hybridized carbons (Fsp3) is 0.333. The Balaban J connectivity index is 2.77. The van der Waals surface area contributed by atoms with Crippen LogP contribution >= 0.6 is 0 Å². The summed E-state index contributed by atoms with van der Waals surface area (Å²) in [7, 11) is 0. The summed E-state index contributed by atoms with van der Waals surface area (Å²) in [5.74, 6) is 0. The maximum Gasteiger partial charge on any atom is 0.0612 e. The SMILES string of the molecule is Cc1cccc(C/C=C/CO)c1C. The summed E-state index contributed by atoms with van der Waals surface area (Å²) in [6.45, 7) is 4.39. The highest BCUT2D eigenvalue weighted by Gasteiger charge is 1.97. The molecular weight excluding hydrogens is 160 g/mol. The van der Waals surface area contributed by atoms with Crippen molar-refractivity contribution in [3.8, 4) is 0 Å². The summed E-state index contributed by atoms with van der Waals surface area (Å²) in [5, 5.41) is 8.58. The number of rotatable bonds is 3. The number of aliphatic hydroxyl groups is 1. The topological polar surface area (TPSA) is 20.2 Å². The monoisotopic (exact) mass is 176 g/mol. The van der Waals surface area contributed by atoms with Gasteiger partial charge in [0.05, 0.1) is 6.61 Å². The molecular formula is C12H16O. The molecule has 0 saturated heterocycles. The van der Waals surface area contributed by atoms with E-state index in [1.807, 2.05) is 6.08 Å². The molecule has 1 nitrogen and oxygen atoms in total. The zero-order valence-corrected chi connectivity index (χ0v) is 8.25. The van der Waals surface area contributed by atoms with Gasteiger partial charge in [0.1, 0.15) is 0 Å². The second-order valence-electron chi connectivity index (χ2n) is 3.22. The summed E-state index contributed by atoms with van der Waals surface area (Å²) in [6.07, 6.45) is 4.69. The molecule has 0 bridgehead atoms. The molecule has 0 fully saturated rings. The predicted octanol–water partition coefficient (Wildman–Crippen LogP) is 2.39. The van der Waals surface area contributed by atoms with E-state index in [1.54, 1.807) is 6.08 Å². The molecule has 0 radical (unpaired) electrons. The van der Waals surface area contributed by atoms with Crippen LogP contribution in [0.15, 0.2) is 30.4 Å². The van der Waals surface area contributed by atoms with Crippen molar-refractivity contribution < 1.29 is 5.11 Å². The van der Waals surface area contributed by atoms with Gasteiger partial charge in [-0.25, -0.2) is 0 Å². The van der Waals surface area contributed by atoms with Gasteiger partial charge >= 0.3 is 0 Å². The molecule has 1 aromatic rings. The second kappa shape index (κ2) is 4.83. The quantitative estimate of drug-likeness (QED) is 0.701. The molecule has 0 aliphatic heterocycles. The highest BCUT2D eigenvalue weighted by molar-refractivity contribution is 5.34. The van der Waals surface area contributed by atoms with E-state index < -0.39 is 0 Å². The van der Waals surface area contributed by atoms with Crippen LogP contribution in [0.3, 0.4) is 0 Å². The molecule has 1 heteroatoms. The summed E-state index contributed by atoms with van der Waals surface area (Å²) in [6, 6.07) is 6.32. The van der Waals surface area contributed by atoms with Gasteiger partial charge in [-0.3, -0.25) is 0 Å². The Hall–Kier alpha value is -1.08. The van der Waals surface area contributed by atoms with Crippen LogP contribution in [0, 0.1) is 13.8 Å². The molecule has 0 amide bonds. The van der Waals surface area contributed by atoms with Crippen molar-refractivity contribution in [2.75, 3.05) is 6.61 Å². The van der Waals surface area contributed by atoms with E-state index in [-0.39, 0.29) is 6.61 Å². The Bertz CT molecular complexity index is 300. The molecule has 0 aromatic heterocycles. The fourth-order valence-corrected chi connectivity index (χ4v) is 1.32. The minimum absolute atomic E-state index is 0.130. The van der Waals surface area contributed by atoms with Crippen LogP contribution in [0.25, 0.3) is 0 Å². The number of aliphatic hydroxyl groups excluding tert-OH is 1. The molecule has 0 aliphatic rings. The molecule has 0 atom stereocenters. The third-order valence-electron chi connectivity index (χ3n) is 2.33. The van der Waals surface area contributed by atoms with Crippen molar-refractivity contribution in [3.05, 3.63) is 47.0 Å². The normalized spacial score (nSPS) is 11.0. The van der Waals surface area contributed by atoms with E-state index in [0.29, 0.717) is 0 Å². The lowest BCUT2D eigenvalue weighted by atomic mass is 10.0. The summed E-state index contributed by atoms with van der Waals surface area (Å²) in [4.78, 5) is 0. The molecule has 0 unspecified atom stereocenters. The van der Waals surface area contributed by atoms with Crippen LogP contribution in [-0.4, -0.2) is 11.7 Å². The second-order valence-corrected chi connectivity index (χ2v) is 3.22. The van der Waals surface area contributed by atoms with Crippen molar-refractivity contribution in [1.29, 1.82) is 0 Å². The summed E-state index contributed by atoms with van der Waals surface area (Å²) >= 11 is 0. The molecule has 0 spiro atoms. The van der Waals surface area contributed by atoms with Gasteiger partial charge in [-0.05, 0) is 37.0 Å². The first-order valence-electron chi connectivity index (χ1n) is 4.56. The van der Waals surface area contributed by atoms with E-state index in [2.05, 4.69) is 32.0 Å². The average molecular weight is 176 g/mol. The smallest absolute Gasteiger partial charge is 0.0612 e. The average Bonchev–Trinajstić information content (AvgIpc) is 2.13. The van der Waals surface area contributed by atoms with Gasteiger partial charge in [0, 0.05) is 0 Å². The lowest BCUT2D eigenvalue weighted by Crippen LogP contribution is -1.90. The third-order valence-corrected chi connectivity index (χ3v) is 2.33. The number of hydrogen-bond acceptors (Lipinski definition) is 1. The van der Waals surface area contributed by atoms with E-state index in [4.69, 9.17) is 5.11 Å². The van der Waals surface area contributed by atoms with Crippen LogP contribution < -0.4 is 0 Å². The fourth-order valence-electron chi connectivity index (χ4n) is 1.32. The maximum absolute atomic E-state index is 8.58. The molecule has 0 aliphatic carbocycles. The van der Waals surface area contributed by atoms with Crippen LogP contribution in [0.5, 0.6) is 0 Å². The lowest BCUT2D eigenvalue weighted by Gasteiger charge is -2.05. The highest BCUT2D eigenvalue weighted by atomic mass is 16.2. The number of allylic oxidation sites excluding steroid dienone is 1. The molecule has 0 heterocycles. The van der Waals surface area contributed by atoms with Crippen LogP contribution in [0.1, 0.15) is 16.7 Å². The minimum Gasteiger partial charge on any atom is -0.392 e. The Morgan fingerprint density at radius 2 is 2.00 bits per heavy atom. The molecule has 1 rings (SSSR count). The standard InChI is InChI=1S/C12H16O/c1-10-6-5-8-12(11(10)2)7-3-4-9-13/h3-6,8,13H,7,9H2,1-2H3/b4-3+. The minimum atomic E-state index is 0.130. The Morgan fingerprint density at radius 1 is 1.23 bits per heavy atom. The first kappa shape index (κ1) is 10.0. The van der Waals surface area contributed by atoms with Gasteiger partial charge in [-0.2, -0.15) is 0 Å². The first-order chi connectivity index (χ1) is 6.25. The largest absolute Gasteiger partial charge is 0.392 e. The van der Waals surface area contributed by atoms with Crippen molar-refractivity contribution in [3.63, 3.8) is 0 Å². The highest BCUT2D eigenvalue weighted by Crippen LogP contribution is 2.13. The molecule has 13 heavy (non-hydrogen) atoms. The van der Waals surface area contributed by atoms with Crippen LogP contribution in [0.4, 0.5) is 0 Å². The molecule has 70 valence electrons. The molecule has 0 saturated carbocycles. The van der Waals surface area contributed by atoms with E-state index in [1.165, 1.54) is 16.7 Å². The van der Waals surface area contributed by atoms with E-state index >= 15 is 0 Å². The number of hydrogen-bond donors (Lipinski definition) is 1. The van der Waals surface area contributed by atoms with Crippen molar-refractivity contribution in [2.24, 2.45) is 0 Å². The van der Waals surface area contributed by atoms with Gasteiger partial charge in [0.25, 0.3) is 0 Å². The zero-order valence-electron chi connectivity index (χ0n) is 8.25. The van der Waals surface area contributed by atoms with Gasteiger partial charge in [-0.15, -0.1) is 0 Å².